The van der Waals surface area contributed by atoms with E-state index in [1.165, 1.54) is 4.31 Å². The zero-order valence-corrected chi connectivity index (χ0v) is 18.2. The van der Waals surface area contributed by atoms with Crippen LogP contribution in [0.15, 0.2) is 53.9 Å². The van der Waals surface area contributed by atoms with Crippen molar-refractivity contribution in [2.45, 2.75) is 30.6 Å². The number of hydrogen-bond donors (Lipinski definition) is 1. The van der Waals surface area contributed by atoms with Crippen LogP contribution in [0.25, 0.3) is 0 Å². The highest BCUT2D eigenvalue weighted by Crippen LogP contribution is 2.31. The maximum Gasteiger partial charge on any atom is 0.243 e. The highest BCUT2D eigenvalue weighted by atomic mass is 32.2. The predicted octanol–water partition coefficient (Wildman–Crippen LogP) is 2.90. The Morgan fingerprint density at radius 1 is 1.13 bits per heavy atom. The Kier molecular flexibility index (Phi) is 6.10. The molecule has 0 unspecified atom stereocenters. The van der Waals surface area contributed by atoms with Crippen molar-refractivity contribution in [1.29, 1.82) is 0 Å². The molecule has 31 heavy (non-hydrogen) atoms. The maximum atomic E-state index is 13.1. The number of methoxy groups -OCH3 is 1. The average molecular weight is 441 g/mol. The van der Waals surface area contributed by atoms with Gasteiger partial charge in [0.1, 0.15) is 5.75 Å². The van der Waals surface area contributed by atoms with Gasteiger partial charge in [-0.1, -0.05) is 0 Å². The van der Waals surface area contributed by atoms with E-state index in [2.05, 4.69) is 25.3 Å². The summed E-state index contributed by atoms with van der Waals surface area (Å²) in [5.41, 5.74) is 1.62. The molecule has 0 aliphatic carbocycles. The zero-order valence-electron chi connectivity index (χ0n) is 17.4. The van der Waals surface area contributed by atoms with Crippen molar-refractivity contribution in [3.05, 3.63) is 60.3 Å². The number of sulfonamides is 1. The number of nitrogens with one attached hydrogen (secondary N) is 1. The van der Waals surface area contributed by atoms with E-state index in [1.54, 1.807) is 56.2 Å². The average Bonchev–Trinajstić information content (AvgIpc) is 2.80. The highest BCUT2D eigenvalue weighted by Gasteiger charge is 2.31. The van der Waals surface area contributed by atoms with E-state index in [4.69, 9.17) is 4.74 Å². The lowest BCUT2D eigenvalue weighted by atomic mass is 9.95. The number of piperidine rings is 1. The Morgan fingerprint density at radius 3 is 2.55 bits per heavy atom. The lowest BCUT2D eigenvalue weighted by Crippen LogP contribution is -2.38. The third kappa shape index (κ3) is 4.64. The number of nitrogens with zero attached hydrogens (tertiary/aromatic N) is 5. The van der Waals surface area contributed by atoms with Gasteiger partial charge in [-0.15, -0.1) is 0 Å². The van der Waals surface area contributed by atoms with Crippen LogP contribution in [0.5, 0.6) is 5.75 Å². The van der Waals surface area contributed by atoms with Crippen LogP contribution in [0.2, 0.25) is 0 Å². The molecule has 1 saturated heterocycles. The van der Waals surface area contributed by atoms with E-state index < -0.39 is 10.0 Å². The minimum absolute atomic E-state index is 0.134. The summed E-state index contributed by atoms with van der Waals surface area (Å²) in [4.78, 5) is 17.5. The number of anilines is 2. The molecule has 9 nitrogen and oxygen atoms in total. The molecule has 1 aromatic carbocycles. The van der Waals surface area contributed by atoms with E-state index >= 15 is 0 Å². The van der Waals surface area contributed by atoms with Crippen molar-refractivity contribution in [2.24, 2.45) is 0 Å². The lowest BCUT2D eigenvalue weighted by molar-refractivity contribution is 0.316. The van der Waals surface area contributed by atoms with Gasteiger partial charge in [-0.2, -0.15) is 4.31 Å². The lowest BCUT2D eigenvalue weighted by Gasteiger charge is -2.31. The molecule has 1 fully saturated rings. The summed E-state index contributed by atoms with van der Waals surface area (Å²) in [6.45, 7) is 2.70. The molecule has 1 aliphatic rings. The molecule has 2 aromatic heterocycles. The van der Waals surface area contributed by atoms with Crippen LogP contribution in [0.4, 0.5) is 11.8 Å². The van der Waals surface area contributed by atoms with Crippen LogP contribution in [-0.2, 0) is 10.0 Å². The quantitative estimate of drug-likeness (QED) is 0.623. The van der Waals surface area contributed by atoms with Crippen LogP contribution in [0.3, 0.4) is 0 Å². The number of aromatic nitrogens is 4. The third-order valence-corrected chi connectivity index (χ3v) is 7.23. The fraction of sp³-hybridized carbons (Fsp3) is 0.333. The van der Waals surface area contributed by atoms with Gasteiger partial charge in [0.05, 0.1) is 23.9 Å². The topological polar surface area (TPSA) is 110 Å². The predicted molar refractivity (Wildman–Crippen MR) is 116 cm³/mol. The first-order valence-electron chi connectivity index (χ1n) is 9.98. The monoisotopic (exact) mass is 440 g/mol. The van der Waals surface area contributed by atoms with Crippen LogP contribution < -0.4 is 10.1 Å². The van der Waals surface area contributed by atoms with Gasteiger partial charge in [0, 0.05) is 37.6 Å². The standard InChI is InChI=1S/C21H24N6O3S/c1-15-12-17(4-5-19(15)30-2)31(28,29)27-10-6-16(7-11-27)18-13-22-14-20(25-18)26-21-23-8-3-9-24-21/h3-5,8-9,12-14,16H,6-7,10-11H2,1-2H3,(H,23,24,25,26). The minimum Gasteiger partial charge on any atom is -0.496 e. The van der Waals surface area contributed by atoms with Gasteiger partial charge in [-0.3, -0.25) is 4.98 Å². The molecule has 0 spiro atoms. The van der Waals surface area contributed by atoms with Gasteiger partial charge in [0.2, 0.25) is 16.0 Å². The molecule has 0 radical (unpaired) electrons. The van der Waals surface area contributed by atoms with Crippen LogP contribution >= 0.6 is 0 Å². The number of benzene rings is 1. The Morgan fingerprint density at radius 2 is 1.87 bits per heavy atom. The number of aryl methyl sites for hydroxylation is 1. The number of hydrogen-bond acceptors (Lipinski definition) is 8. The van der Waals surface area contributed by atoms with Crippen molar-refractivity contribution in [3.8, 4) is 5.75 Å². The normalized spacial score (nSPS) is 15.5. The second-order valence-corrected chi connectivity index (χ2v) is 9.27. The molecule has 1 N–H and O–H groups in total. The van der Waals surface area contributed by atoms with Crippen molar-refractivity contribution >= 4 is 21.8 Å². The summed E-state index contributed by atoms with van der Waals surface area (Å²) in [6.07, 6.45) is 7.99. The largest absolute Gasteiger partial charge is 0.496 e. The van der Waals surface area contributed by atoms with Crippen molar-refractivity contribution < 1.29 is 13.2 Å². The second kappa shape index (κ2) is 8.94. The first-order valence-corrected chi connectivity index (χ1v) is 11.4. The van der Waals surface area contributed by atoms with Crippen molar-refractivity contribution in [1.82, 2.24) is 24.2 Å². The summed E-state index contributed by atoms with van der Waals surface area (Å²) < 4.78 is 32.9. The summed E-state index contributed by atoms with van der Waals surface area (Å²) in [6, 6.07) is 6.69. The molecule has 10 heteroatoms. The number of rotatable bonds is 6. The molecule has 0 amide bonds. The van der Waals surface area contributed by atoms with E-state index in [9.17, 15) is 8.42 Å². The molecule has 4 rings (SSSR count). The fourth-order valence-electron chi connectivity index (χ4n) is 3.67. The van der Waals surface area contributed by atoms with Gasteiger partial charge in [-0.25, -0.2) is 23.4 Å². The van der Waals surface area contributed by atoms with Gasteiger partial charge >= 0.3 is 0 Å². The number of ether oxygens (including phenoxy) is 1. The summed E-state index contributed by atoms with van der Waals surface area (Å²) >= 11 is 0. The van der Waals surface area contributed by atoms with E-state index in [0.717, 1.165) is 11.3 Å². The molecular formula is C21H24N6O3S. The summed E-state index contributed by atoms with van der Waals surface area (Å²) in [7, 11) is -1.98. The summed E-state index contributed by atoms with van der Waals surface area (Å²) in [5, 5.41) is 3.04. The molecule has 0 atom stereocenters. The Bertz CT molecular complexity index is 1150. The van der Waals surface area contributed by atoms with E-state index in [0.29, 0.717) is 43.4 Å². The Labute approximate surface area is 181 Å². The summed E-state index contributed by atoms with van der Waals surface area (Å²) in [5.74, 6) is 1.82. The molecule has 0 saturated carbocycles. The van der Waals surface area contributed by atoms with Gasteiger partial charge in [0.25, 0.3) is 0 Å². The first-order chi connectivity index (χ1) is 15.0. The van der Waals surface area contributed by atoms with Crippen molar-refractivity contribution in [2.75, 3.05) is 25.5 Å². The maximum absolute atomic E-state index is 13.1. The molecule has 3 aromatic rings. The third-order valence-electron chi connectivity index (χ3n) is 5.34. The van der Waals surface area contributed by atoms with Gasteiger partial charge in [-0.05, 0) is 49.6 Å². The fourth-order valence-corrected chi connectivity index (χ4v) is 5.22. The van der Waals surface area contributed by atoms with Gasteiger partial charge in [0.15, 0.2) is 5.82 Å². The van der Waals surface area contributed by atoms with Crippen LogP contribution in [-0.4, -0.2) is 52.9 Å². The Balaban J connectivity index is 1.44. The highest BCUT2D eigenvalue weighted by molar-refractivity contribution is 7.89. The first kappa shape index (κ1) is 21.1. The molecule has 162 valence electrons. The van der Waals surface area contributed by atoms with Crippen LogP contribution in [0.1, 0.15) is 30.0 Å². The minimum atomic E-state index is -3.55. The molecule has 3 heterocycles. The smallest absolute Gasteiger partial charge is 0.243 e. The Hall–Kier alpha value is -3.11. The van der Waals surface area contributed by atoms with E-state index in [-0.39, 0.29) is 10.8 Å². The van der Waals surface area contributed by atoms with Crippen LogP contribution in [0, 0.1) is 6.92 Å². The SMILES string of the molecule is COc1ccc(S(=O)(=O)N2CCC(c3cncc(Nc4ncccn4)n3)CC2)cc1C. The zero-order chi connectivity index (χ0) is 21.8. The second-order valence-electron chi connectivity index (χ2n) is 7.34. The van der Waals surface area contributed by atoms with Crippen molar-refractivity contribution in [3.63, 3.8) is 0 Å². The van der Waals surface area contributed by atoms with Gasteiger partial charge < -0.3 is 10.1 Å². The molecular weight excluding hydrogens is 416 g/mol. The van der Waals surface area contributed by atoms with E-state index in [1.807, 2.05) is 6.92 Å². The molecule has 1 aliphatic heterocycles. The molecule has 0 bridgehead atoms.